The predicted octanol–water partition coefficient (Wildman–Crippen LogP) is 2.25. The van der Waals surface area contributed by atoms with Crippen LogP contribution in [0.1, 0.15) is 22.3 Å². The average molecular weight is 283 g/mol. The average Bonchev–Trinajstić information content (AvgIpc) is 2.76. The molecule has 86 valence electrons. The van der Waals surface area contributed by atoms with Crippen LogP contribution in [-0.4, -0.2) is 34.2 Å². The number of likely N-dealkylation sites (tertiary alicyclic amines) is 1. The smallest absolute Gasteiger partial charge is 0.255 e. The molecule has 3 nitrogen and oxygen atoms in total. The van der Waals surface area contributed by atoms with Crippen molar-refractivity contribution in [3.05, 3.63) is 29.6 Å². The third kappa shape index (κ3) is 2.43. The molecule has 0 N–H and O–H groups in total. The second-order valence-corrected chi connectivity index (χ2v) is 4.96. The number of aryl methyl sites for hydroxylation is 1. The van der Waals surface area contributed by atoms with Crippen LogP contribution in [0.25, 0.3) is 0 Å². The predicted molar refractivity (Wildman–Crippen MR) is 66.8 cm³/mol. The molecule has 16 heavy (non-hydrogen) atoms. The SMILES string of the molecule is Cc1cncc(C(=O)N2CCC(CBr)C2)c1. The van der Waals surface area contributed by atoms with E-state index in [0.717, 1.165) is 30.4 Å². The van der Waals surface area contributed by atoms with E-state index < -0.39 is 0 Å². The van der Waals surface area contributed by atoms with Gasteiger partial charge in [-0.05, 0) is 30.9 Å². The second kappa shape index (κ2) is 4.95. The fourth-order valence-electron chi connectivity index (χ4n) is 2.00. The first-order valence-electron chi connectivity index (χ1n) is 5.47. The van der Waals surface area contributed by atoms with Gasteiger partial charge in [0.2, 0.25) is 0 Å². The van der Waals surface area contributed by atoms with Crippen LogP contribution < -0.4 is 0 Å². The molecule has 0 aromatic carbocycles. The van der Waals surface area contributed by atoms with Crippen molar-refractivity contribution in [2.45, 2.75) is 13.3 Å². The molecule has 0 aliphatic carbocycles. The van der Waals surface area contributed by atoms with Crippen LogP contribution in [0.15, 0.2) is 18.5 Å². The number of carbonyl (C=O) groups is 1. The van der Waals surface area contributed by atoms with E-state index in [-0.39, 0.29) is 5.91 Å². The van der Waals surface area contributed by atoms with Gasteiger partial charge >= 0.3 is 0 Å². The quantitative estimate of drug-likeness (QED) is 0.780. The molecule has 1 aromatic rings. The van der Waals surface area contributed by atoms with Crippen LogP contribution in [0.4, 0.5) is 0 Å². The van der Waals surface area contributed by atoms with Crippen molar-refractivity contribution >= 4 is 21.8 Å². The van der Waals surface area contributed by atoms with Gasteiger partial charge in [-0.2, -0.15) is 0 Å². The monoisotopic (exact) mass is 282 g/mol. The number of nitrogens with zero attached hydrogens (tertiary/aromatic N) is 2. The van der Waals surface area contributed by atoms with Crippen molar-refractivity contribution in [1.82, 2.24) is 9.88 Å². The van der Waals surface area contributed by atoms with Crippen molar-refractivity contribution in [1.29, 1.82) is 0 Å². The first-order chi connectivity index (χ1) is 7.70. The van der Waals surface area contributed by atoms with Gasteiger partial charge in [-0.3, -0.25) is 9.78 Å². The summed E-state index contributed by atoms with van der Waals surface area (Å²) >= 11 is 3.47. The maximum Gasteiger partial charge on any atom is 0.255 e. The Bertz CT molecular complexity index is 394. The highest BCUT2D eigenvalue weighted by Gasteiger charge is 2.26. The summed E-state index contributed by atoms with van der Waals surface area (Å²) in [7, 11) is 0. The lowest BCUT2D eigenvalue weighted by Crippen LogP contribution is -2.29. The van der Waals surface area contributed by atoms with Gasteiger partial charge < -0.3 is 4.90 Å². The molecule has 1 fully saturated rings. The minimum Gasteiger partial charge on any atom is -0.338 e. The third-order valence-electron chi connectivity index (χ3n) is 2.91. The molecule has 4 heteroatoms. The molecule has 1 saturated heterocycles. The Hall–Kier alpha value is -0.900. The van der Waals surface area contributed by atoms with Crippen LogP contribution in [0.2, 0.25) is 0 Å². The maximum absolute atomic E-state index is 12.1. The Balaban J connectivity index is 2.08. The first kappa shape index (κ1) is 11.6. The van der Waals surface area contributed by atoms with Gasteiger partial charge in [0.25, 0.3) is 5.91 Å². The summed E-state index contributed by atoms with van der Waals surface area (Å²) in [5.41, 5.74) is 1.73. The van der Waals surface area contributed by atoms with E-state index in [1.807, 2.05) is 17.9 Å². The van der Waals surface area contributed by atoms with Gasteiger partial charge in [-0.15, -0.1) is 0 Å². The second-order valence-electron chi connectivity index (χ2n) is 4.31. The fourth-order valence-corrected chi connectivity index (χ4v) is 2.53. The number of hydrogen-bond donors (Lipinski definition) is 0. The van der Waals surface area contributed by atoms with E-state index in [4.69, 9.17) is 0 Å². The van der Waals surface area contributed by atoms with E-state index >= 15 is 0 Å². The highest BCUT2D eigenvalue weighted by molar-refractivity contribution is 9.09. The zero-order valence-electron chi connectivity index (χ0n) is 9.32. The lowest BCUT2D eigenvalue weighted by Gasteiger charge is -2.16. The molecular weight excluding hydrogens is 268 g/mol. The van der Waals surface area contributed by atoms with Crippen LogP contribution in [0.3, 0.4) is 0 Å². The van der Waals surface area contributed by atoms with E-state index in [1.165, 1.54) is 0 Å². The Morgan fingerprint density at radius 3 is 3.06 bits per heavy atom. The Morgan fingerprint density at radius 1 is 1.62 bits per heavy atom. The van der Waals surface area contributed by atoms with Crippen LogP contribution in [-0.2, 0) is 0 Å². The Labute approximate surface area is 104 Å². The lowest BCUT2D eigenvalue weighted by molar-refractivity contribution is 0.0788. The summed E-state index contributed by atoms with van der Waals surface area (Å²) < 4.78 is 0. The topological polar surface area (TPSA) is 33.2 Å². The van der Waals surface area contributed by atoms with Gasteiger partial charge in [0.1, 0.15) is 0 Å². The van der Waals surface area contributed by atoms with Gasteiger partial charge in [-0.1, -0.05) is 15.9 Å². The highest BCUT2D eigenvalue weighted by atomic mass is 79.9. The maximum atomic E-state index is 12.1. The summed E-state index contributed by atoms with van der Waals surface area (Å²) in [5.74, 6) is 0.710. The van der Waals surface area contributed by atoms with Crippen molar-refractivity contribution in [3.8, 4) is 0 Å². The van der Waals surface area contributed by atoms with E-state index in [9.17, 15) is 4.79 Å². The molecule has 1 aromatic heterocycles. The van der Waals surface area contributed by atoms with E-state index in [2.05, 4.69) is 20.9 Å². The number of aromatic nitrogens is 1. The minimum absolute atomic E-state index is 0.111. The van der Waals surface area contributed by atoms with Gasteiger partial charge in [-0.25, -0.2) is 0 Å². The number of rotatable bonds is 2. The molecule has 0 radical (unpaired) electrons. The van der Waals surface area contributed by atoms with Gasteiger partial charge in [0.15, 0.2) is 0 Å². The Morgan fingerprint density at radius 2 is 2.44 bits per heavy atom. The zero-order valence-corrected chi connectivity index (χ0v) is 10.9. The third-order valence-corrected chi connectivity index (χ3v) is 3.83. The first-order valence-corrected chi connectivity index (χ1v) is 6.59. The van der Waals surface area contributed by atoms with Crippen LogP contribution in [0, 0.1) is 12.8 Å². The van der Waals surface area contributed by atoms with E-state index in [1.54, 1.807) is 12.4 Å². The molecule has 1 amide bonds. The van der Waals surface area contributed by atoms with Crippen LogP contribution >= 0.6 is 15.9 Å². The zero-order chi connectivity index (χ0) is 11.5. The molecule has 1 atom stereocenters. The molecule has 1 aliphatic rings. The standard InChI is InChI=1S/C12H15BrN2O/c1-9-4-11(7-14-6-9)12(16)15-3-2-10(5-13)8-15/h4,6-7,10H,2-3,5,8H2,1H3. The molecule has 0 saturated carbocycles. The molecule has 0 spiro atoms. The van der Waals surface area contributed by atoms with E-state index in [0.29, 0.717) is 11.5 Å². The minimum atomic E-state index is 0.111. The normalized spacial score (nSPS) is 20.1. The number of hydrogen-bond acceptors (Lipinski definition) is 2. The molecule has 1 unspecified atom stereocenters. The lowest BCUT2D eigenvalue weighted by atomic mass is 10.2. The molecular formula is C12H15BrN2O. The number of carbonyl (C=O) groups excluding carboxylic acids is 1. The highest BCUT2D eigenvalue weighted by Crippen LogP contribution is 2.20. The Kier molecular flexibility index (Phi) is 3.59. The van der Waals surface area contributed by atoms with Crippen molar-refractivity contribution < 1.29 is 4.79 Å². The number of amides is 1. The number of halogens is 1. The molecule has 1 aliphatic heterocycles. The number of alkyl halides is 1. The summed E-state index contributed by atoms with van der Waals surface area (Å²) in [4.78, 5) is 18.1. The number of pyridine rings is 1. The van der Waals surface area contributed by atoms with Gasteiger partial charge in [0.05, 0.1) is 5.56 Å². The summed E-state index contributed by atoms with van der Waals surface area (Å²) in [5, 5.41) is 0.975. The summed E-state index contributed by atoms with van der Waals surface area (Å²) in [6, 6.07) is 1.90. The van der Waals surface area contributed by atoms with Crippen LogP contribution in [0.5, 0.6) is 0 Å². The molecule has 0 bridgehead atoms. The summed E-state index contributed by atoms with van der Waals surface area (Å²) in [6.07, 6.45) is 4.51. The van der Waals surface area contributed by atoms with Crippen molar-refractivity contribution in [2.75, 3.05) is 18.4 Å². The largest absolute Gasteiger partial charge is 0.338 e. The fraction of sp³-hybridized carbons (Fsp3) is 0.500. The molecule has 2 rings (SSSR count). The van der Waals surface area contributed by atoms with Crippen molar-refractivity contribution in [3.63, 3.8) is 0 Å². The van der Waals surface area contributed by atoms with Gasteiger partial charge in [0, 0.05) is 30.8 Å². The molecule has 2 heterocycles. The summed E-state index contributed by atoms with van der Waals surface area (Å²) in [6.45, 7) is 3.68. The van der Waals surface area contributed by atoms with Crippen molar-refractivity contribution in [2.24, 2.45) is 5.92 Å².